The maximum Gasteiger partial charge on any atom is 0.143 e. The first-order valence-corrected chi connectivity index (χ1v) is 20.6. The van der Waals surface area contributed by atoms with Crippen molar-refractivity contribution in [3.63, 3.8) is 0 Å². The quantitative estimate of drug-likeness (QED) is 0.157. The summed E-state index contributed by atoms with van der Waals surface area (Å²) in [7, 11) is 0. The average Bonchev–Trinajstić information content (AvgIpc) is 3.72. The zero-order valence-corrected chi connectivity index (χ0v) is 32.7. The van der Waals surface area contributed by atoms with Gasteiger partial charge < -0.3 is 9.32 Å². The number of anilines is 3. The summed E-state index contributed by atoms with van der Waals surface area (Å²) < 4.78 is 6.62. The maximum absolute atomic E-state index is 6.62. The summed E-state index contributed by atoms with van der Waals surface area (Å²) in [6.45, 7) is 0. The van der Waals surface area contributed by atoms with Crippen LogP contribution in [0.3, 0.4) is 0 Å². The summed E-state index contributed by atoms with van der Waals surface area (Å²) in [6, 6.07) is 81.2. The van der Waals surface area contributed by atoms with Gasteiger partial charge in [-0.05, 0) is 126 Å². The first-order chi connectivity index (χ1) is 29.7. The fourth-order valence-corrected chi connectivity index (χ4v) is 9.37. The Morgan fingerprint density at radius 2 is 0.783 bits per heavy atom. The van der Waals surface area contributed by atoms with E-state index in [1.54, 1.807) is 0 Å². The first-order valence-electron chi connectivity index (χ1n) is 20.6. The van der Waals surface area contributed by atoms with Crippen molar-refractivity contribution in [1.29, 1.82) is 0 Å². The van der Waals surface area contributed by atoms with E-state index in [1.807, 2.05) is 6.07 Å². The molecule has 0 spiro atoms. The van der Waals surface area contributed by atoms with E-state index in [4.69, 9.17) is 4.42 Å². The fraction of sp³-hybridized carbons (Fsp3) is 0. The van der Waals surface area contributed by atoms with Gasteiger partial charge in [0.1, 0.15) is 11.2 Å². The lowest BCUT2D eigenvalue weighted by Crippen LogP contribution is -2.09. The molecule has 60 heavy (non-hydrogen) atoms. The third kappa shape index (κ3) is 5.57. The van der Waals surface area contributed by atoms with Crippen molar-refractivity contribution < 1.29 is 4.42 Å². The molecule has 0 N–H and O–H groups in total. The monoisotopic (exact) mass is 763 g/mol. The van der Waals surface area contributed by atoms with Crippen LogP contribution in [0.4, 0.5) is 17.1 Å². The summed E-state index contributed by atoms with van der Waals surface area (Å²) in [6.07, 6.45) is 0. The topological polar surface area (TPSA) is 16.4 Å². The van der Waals surface area contributed by atoms with E-state index in [-0.39, 0.29) is 0 Å². The summed E-state index contributed by atoms with van der Waals surface area (Å²) in [5.41, 5.74) is 12.0. The van der Waals surface area contributed by atoms with Crippen molar-refractivity contribution >= 4 is 82.1 Å². The van der Waals surface area contributed by atoms with Gasteiger partial charge in [-0.25, -0.2) is 0 Å². The smallest absolute Gasteiger partial charge is 0.143 e. The van der Waals surface area contributed by atoms with Gasteiger partial charge in [0, 0.05) is 33.4 Å². The number of para-hydroxylation sites is 1. The predicted molar refractivity (Wildman–Crippen MR) is 255 cm³/mol. The van der Waals surface area contributed by atoms with Gasteiger partial charge in [-0.15, -0.1) is 0 Å². The Kier molecular flexibility index (Phi) is 7.89. The molecule has 0 unspecified atom stereocenters. The molecule has 0 radical (unpaired) electrons. The molecular formula is C58H37NO. The van der Waals surface area contributed by atoms with Gasteiger partial charge >= 0.3 is 0 Å². The van der Waals surface area contributed by atoms with Crippen LogP contribution in [0.2, 0.25) is 0 Å². The Labute approximate surface area is 347 Å². The molecule has 0 aliphatic heterocycles. The molecule has 0 aliphatic rings. The molecule has 1 heterocycles. The molecule has 0 aliphatic carbocycles. The summed E-state index contributed by atoms with van der Waals surface area (Å²) in [5, 5.41) is 12.3. The number of benzene rings is 11. The summed E-state index contributed by atoms with van der Waals surface area (Å²) in [5.74, 6) is 0. The largest absolute Gasteiger partial charge is 0.455 e. The Morgan fingerprint density at radius 3 is 1.53 bits per heavy atom. The molecule has 11 aromatic carbocycles. The van der Waals surface area contributed by atoms with Crippen LogP contribution in [-0.4, -0.2) is 0 Å². The minimum atomic E-state index is 0.893. The first kappa shape index (κ1) is 34.1. The number of hydrogen-bond donors (Lipinski definition) is 0. The van der Waals surface area contributed by atoms with E-state index in [1.165, 1.54) is 54.2 Å². The Hall–Kier alpha value is -7.94. The lowest BCUT2D eigenvalue weighted by Gasteiger charge is -2.26. The highest BCUT2D eigenvalue weighted by molar-refractivity contribution is 6.17. The summed E-state index contributed by atoms with van der Waals surface area (Å²) >= 11 is 0. The van der Waals surface area contributed by atoms with Crippen LogP contribution in [0, 0.1) is 0 Å². The van der Waals surface area contributed by atoms with E-state index in [9.17, 15) is 0 Å². The minimum Gasteiger partial charge on any atom is -0.455 e. The van der Waals surface area contributed by atoms with Crippen molar-refractivity contribution in [2.45, 2.75) is 0 Å². The molecule has 0 saturated heterocycles. The Bertz CT molecular complexity index is 3580. The van der Waals surface area contributed by atoms with Gasteiger partial charge in [-0.3, -0.25) is 0 Å². The lowest BCUT2D eigenvalue weighted by atomic mass is 9.93. The highest BCUT2D eigenvalue weighted by atomic mass is 16.3. The van der Waals surface area contributed by atoms with Crippen LogP contribution in [0.15, 0.2) is 229 Å². The van der Waals surface area contributed by atoms with Gasteiger partial charge in [0.25, 0.3) is 0 Å². The third-order valence-corrected chi connectivity index (χ3v) is 12.2. The molecule has 12 rings (SSSR count). The molecule has 0 bridgehead atoms. The molecule has 2 nitrogen and oxygen atoms in total. The normalized spacial score (nSPS) is 11.7. The standard InChI is InChI=1S/C58H37NO/c1-2-12-38(13-3-1)51-35-34-50(57-54-20-10-11-21-56(54)60-58(51)57)40-24-28-44(29-25-40)59(46-32-33-49-43(36-46)23-22-39-14-4-6-16-47(39)49)45-30-26-41(27-31-45)55-37-42-15-5-7-17-48(42)52-18-8-9-19-53(52)55/h1-37H. The van der Waals surface area contributed by atoms with E-state index < -0.39 is 0 Å². The highest BCUT2D eigenvalue weighted by Gasteiger charge is 2.19. The second-order valence-corrected chi connectivity index (χ2v) is 15.6. The fourth-order valence-electron chi connectivity index (χ4n) is 9.37. The molecular weight excluding hydrogens is 727 g/mol. The zero-order chi connectivity index (χ0) is 39.6. The van der Waals surface area contributed by atoms with Crippen LogP contribution in [0.25, 0.3) is 98.4 Å². The second-order valence-electron chi connectivity index (χ2n) is 15.6. The zero-order valence-electron chi connectivity index (χ0n) is 32.7. The van der Waals surface area contributed by atoms with Crippen molar-refractivity contribution in [2.24, 2.45) is 0 Å². The minimum absolute atomic E-state index is 0.893. The van der Waals surface area contributed by atoms with Crippen molar-refractivity contribution in [1.82, 2.24) is 0 Å². The maximum atomic E-state index is 6.62. The molecule has 12 aromatic rings. The SMILES string of the molecule is c1ccc(-c2ccc(-c3ccc(N(c4ccc(-c5cc6ccccc6c6ccccc56)cc4)c4ccc5c(ccc6ccccc65)c4)cc3)c3c2oc2ccccc23)cc1. The van der Waals surface area contributed by atoms with Crippen molar-refractivity contribution in [2.75, 3.05) is 4.90 Å². The van der Waals surface area contributed by atoms with E-state index in [2.05, 4.69) is 223 Å². The number of nitrogens with zero attached hydrogens (tertiary/aromatic N) is 1. The van der Waals surface area contributed by atoms with Gasteiger partial charge in [0.15, 0.2) is 0 Å². The van der Waals surface area contributed by atoms with E-state index >= 15 is 0 Å². The highest BCUT2D eigenvalue weighted by Crippen LogP contribution is 2.44. The van der Waals surface area contributed by atoms with Gasteiger partial charge in [-0.2, -0.15) is 0 Å². The second kappa shape index (κ2) is 13.9. The van der Waals surface area contributed by atoms with E-state index in [0.29, 0.717) is 0 Å². The van der Waals surface area contributed by atoms with Crippen LogP contribution >= 0.6 is 0 Å². The summed E-state index contributed by atoms with van der Waals surface area (Å²) in [4.78, 5) is 2.38. The molecule has 0 fully saturated rings. The van der Waals surface area contributed by atoms with Gasteiger partial charge in [-0.1, -0.05) is 170 Å². The van der Waals surface area contributed by atoms with E-state index in [0.717, 1.165) is 61.3 Å². The van der Waals surface area contributed by atoms with Crippen LogP contribution in [0.5, 0.6) is 0 Å². The van der Waals surface area contributed by atoms with Crippen molar-refractivity contribution in [3.05, 3.63) is 224 Å². The molecule has 0 amide bonds. The third-order valence-electron chi connectivity index (χ3n) is 12.2. The molecule has 1 aromatic heterocycles. The van der Waals surface area contributed by atoms with Crippen LogP contribution in [-0.2, 0) is 0 Å². The van der Waals surface area contributed by atoms with Crippen LogP contribution < -0.4 is 4.90 Å². The van der Waals surface area contributed by atoms with Gasteiger partial charge in [0.2, 0.25) is 0 Å². The number of fused-ring (bicyclic) bond motifs is 9. The Morgan fingerprint density at radius 1 is 0.283 bits per heavy atom. The predicted octanol–water partition coefficient (Wildman–Crippen LogP) is 16.7. The molecule has 0 atom stereocenters. The van der Waals surface area contributed by atoms with Crippen molar-refractivity contribution in [3.8, 4) is 33.4 Å². The van der Waals surface area contributed by atoms with Crippen LogP contribution in [0.1, 0.15) is 0 Å². The van der Waals surface area contributed by atoms with Gasteiger partial charge in [0.05, 0.1) is 0 Å². The number of furan rings is 1. The average molecular weight is 764 g/mol. The molecule has 280 valence electrons. The molecule has 2 heteroatoms. The Balaban J connectivity index is 0.998. The number of hydrogen-bond acceptors (Lipinski definition) is 2. The lowest BCUT2D eigenvalue weighted by molar-refractivity contribution is 0.670. The number of rotatable bonds is 6. The molecule has 0 saturated carbocycles.